The van der Waals surface area contributed by atoms with Gasteiger partial charge in [0.15, 0.2) is 0 Å². The van der Waals surface area contributed by atoms with E-state index >= 15 is 0 Å². The molecule has 0 saturated heterocycles. The van der Waals surface area contributed by atoms with Crippen LogP contribution in [-0.4, -0.2) is 12.3 Å². The number of carbonyl (C=O) groups excluding carboxylic acids is 2. The lowest BCUT2D eigenvalue weighted by atomic mass is 10.0. The van der Waals surface area contributed by atoms with Crippen molar-refractivity contribution in [2.75, 3.05) is 5.32 Å². The van der Waals surface area contributed by atoms with Crippen molar-refractivity contribution in [3.05, 3.63) is 54.1 Å². The standard InChI is InChI=1S/C14H12N2O2/c15-14(18)16-13-3-1-2-12(8-13)11-6-4-10(9-17)5-7-11/h1-9H,(H3,15,16,18). The third-order valence-corrected chi connectivity index (χ3v) is 2.51. The third-order valence-electron chi connectivity index (χ3n) is 2.51. The van der Waals surface area contributed by atoms with Gasteiger partial charge in [-0.3, -0.25) is 4.79 Å². The number of nitrogens with two attached hydrogens (primary N) is 1. The zero-order valence-corrected chi connectivity index (χ0v) is 9.59. The fourth-order valence-corrected chi connectivity index (χ4v) is 1.67. The van der Waals surface area contributed by atoms with Crippen molar-refractivity contribution in [1.29, 1.82) is 0 Å². The number of nitrogens with one attached hydrogen (secondary N) is 1. The third kappa shape index (κ3) is 2.74. The van der Waals surface area contributed by atoms with E-state index in [9.17, 15) is 9.59 Å². The largest absolute Gasteiger partial charge is 0.351 e. The summed E-state index contributed by atoms with van der Waals surface area (Å²) in [6.07, 6.45) is 0.800. The van der Waals surface area contributed by atoms with Crippen LogP contribution in [0.5, 0.6) is 0 Å². The van der Waals surface area contributed by atoms with Crippen LogP contribution >= 0.6 is 0 Å². The fraction of sp³-hybridized carbons (Fsp3) is 0. The molecule has 0 aliphatic heterocycles. The van der Waals surface area contributed by atoms with E-state index in [4.69, 9.17) is 5.73 Å². The summed E-state index contributed by atoms with van der Waals surface area (Å²) in [5.74, 6) is 0. The van der Waals surface area contributed by atoms with E-state index in [1.807, 2.05) is 30.3 Å². The quantitative estimate of drug-likeness (QED) is 0.809. The van der Waals surface area contributed by atoms with Gasteiger partial charge in [-0.25, -0.2) is 4.79 Å². The molecule has 4 nitrogen and oxygen atoms in total. The highest BCUT2D eigenvalue weighted by atomic mass is 16.2. The summed E-state index contributed by atoms with van der Waals surface area (Å²) >= 11 is 0. The summed E-state index contributed by atoms with van der Waals surface area (Å²) in [6, 6.07) is 13.9. The lowest BCUT2D eigenvalue weighted by Crippen LogP contribution is -2.19. The highest BCUT2D eigenvalue weighted by Gasteiger charge is 2.01. The first kappa shape index (κ1) is 11.9. The van der Waals surface area contributed by atoms with Crippen LogP contribution in [0, 0.1) is 0 Å². The first-order chi connectivity index (χ1) is 8.69. The molecule has 0 atom stereocenters. The average molecular weight is 240 g/mol. The van der Waals surface area contributed by atoms with Crippen molar-refractivity contribution in [2.45, 2.75) is 0 Å². The van der Waals surface area contributed by atoms with Crippen LogP contribution in [0.1, 0.15) is 10.4 Å². The van der Waals surface area contributed by atoms with Crippen molar-refractivity contribution < 1.29 is 9.59 Å². The van der Waals surface area contributed by atoms with E-state index in [1.165, 1.54) is 0 Å². The Morgan fingerprint density at radius 3 is 2.39 bits per heavy atom. The van der Waals surface area contributed by atoms with Crippen LogP contribution in [0.3, 0.4) is 0 Å². The highest BCUT2D eigenvalue weighted by Crippen LogP contribution is 2.22. The van der Waals surface area contributed by atoms with Crippen LogP contribution in [0.25, 0.3) is 11.1 Å². The van der Waals surface area contributed by atoms with Crippen molar-refractivity contribution in [3.63, 3.8) is 0 Å². The fourth-order valence-electron chi connectivity index (χ4n) is 1.67. The number of urea groups is 1. The van der Waals surface area contributed by atoms with E-state index in [0.717, 1.165) is 17.4 Å². The lowest BCUT2D eigenvalue weighted by molar-refractivity contribution is 0.112. The van der Waals surface area contributed by atoms with E-state index in [0.29, 0.717) is 11.3 Å². The van der Waals surface area contributed by atoms with Gasteiger partial charge in [0.2, 0.25) is 0 Å². The molecule has 0 spiro atoms. The molecular weight excluding hydrogens is 228 g/mol. The number of hydrogen-bond donors (Lipinski definition) is 2. The molecule has 0 aromatic heterocycles. The molecule has 0 bridgehead atoms. The topological polar surface area (TPSA) is 72.2 Å². The van der Waals surface area contributed by atoms with E-state index in [-0.39, 0.29) is 0 Å². The molecular formula is C14H12N2O2. The molecule has 0 heterocycles. The van der Waals surface area contributed by atoms with Crippen molar-refractivity contribution in [2.24, 2.45) is 5.73 Å². The Balaban J connectivity index is 2.31. The Hall–Kier alpha value is -2.62. The minimum Gasteiger partial charge on any atom is -0.351 e. The molecule has 0 fully saturated rings. The summed E-state index contributed by atoms with van der Waals surface area (Å²) in [5.41, 5.74) is 8.24. The minimum absolute atomic E-state index is 0.594. The number of hydrogen-bond acceptors (Lipinski definition) is 2. The van der Waals surface area contributed by atoms with Crippen LogP contribution in [-0.2, 0) is 0 Å². The van der Waals surface area contributed by atoms with E-state index in [1.54, 1.807) is 18.2 Å². The molecule has 2 rings (SSSR count). The van der Waals surface area contributed by atoms with Gasteiger partial charge in [0.05, 0.1) is 0 Å². The summed E-state index contributed by atoms with van der Waals surface area (Å²) in [4.78, 5) is 21.3. The number of amides is 2. The Bertz CT molecular complexity index is 577. The maximum absolute atomic E-state index is 10.8. The lowest BCUT2D eigenvalue weighted by Gasteiger charge is -2.06. The van der Waals surface area contributed by atoms with Crippen LogP contribution < -0.4 is 11.1 Å². The van der Waals surface area contributed by atoms with Crippen LogP contribution in [0.4, 0.5) is 10.5 Å². The molecule has 2 aromatic carbocycles. The molecule has 0 saturated carbocycles. The van der Waals surface area contributed by atoms with Crippen LogP contribution in [0.2, 0.25) is 0 Å². The number of carbonyl (C=O) groups is 2. The van der Waals surface area contributed by atoms with Gasteiger partial charge in [-0.1, -0.05) is 36.4 Å². The maximum atomic E-state index is 10.8. The first-order valence-corrected chi connectivity index (χ1v) is 5.41. The van der Waals surface area contributed by atoms with Crippen molar-refractivity contribution in [1.82, 2.24) is 0 Å². The second kappa shape index (κ2) is 5.14. The Kier molecular flexibility index (Phi) is 3.38. The van der Waals surface area contributed by atoms with Crippen molar-refractivity contribution in [3.8, 4) is 11.1 Å². The molecule has 2 aromatic rings. The summed E-state index contributed by atoms with van der Waals surface area (Å²) in [5, 5.41) is 2.52. The SMILES string of the molecule is NC(=O)Nc1cccc(-c2ccc(C=O)cc2)c1. The highest BCUT2D eigenvalue weighted by molar-refractivity contribution is 5.88. The average Bonchev–Trinajstić information content (AvgIpc) is 2.38. The maximum Gasteiger partial charge on any atom is 0.316 e. The normalized spacial score (nSPS) is 9.78. The molecule has 3 N–H and O–H groups in total. The molecule has 0 aliphatic rings. The molecule has 0 aliphatic carbocycles. The summed E-state index contributed by atoms with van der Waals surface area (Å²) < 4.78 is 0. The van der Waals surface area contributed by atoms with Gasteiger partial charge >= 0.3 is 6.03 Å². The van der Waals surface area contributed by atoms with E-state index < -0.39 is 6.03 Å². The summed E-state index contributed by atoms with van der Waals surface area (Å²) in [7, 11) is 0. The van der Waals surface area contributed by atoms with Gasteiger partial charge in [-0.2, -0.15) is 0 Å². The smallest absolute Gasteiger partial charge is 0.316 e. The second-order valence-electron chi connectivity index (χ2n) is 3.81. The number of primary amides is 1. The predicted molar refractivity (Wildman–Crippen MR) is 70.5 cm³/mol. The van der Waals surface area contributed by atoms with Gasteiger partial charge in [-0.05, 0) is 23.3 Å². The van der Waals surface area contributed by atoms with Gasteiger partial charge in [0.1, 0.15) is 6.29 Å². The second-order valence-corrected chi connectivity index (χ2v) is 3.81. The Labute approximate surface area is 104 Å². The first-order valence-electron chi connectivity index (χ1n) is 5.41. The van der Waals surface area contributed by atoms with Gasteiger partial charge in [0, 0.05) is 11.3 Å². The monoisotopic (exact) mass is 240 g/mol. The Morgan fingerprint density at radius 2 is 1.78 bits per heavy atom. The molecule has 0 unspecified atom stereocenters. The molecule has 18 heavy (non-hydrogen) atoms. The predicted octanol–water partition coefficient (Wildman–Crippen LogP) is 2.66. The summed E-state index contributed by atoms with van der Waals surface area (Å²) in [6.45, 7) is 0. The minimum atomic E-state index is -0.594. The number of rotatable bonds is 3. The van der Waals surface area contributed by atoms with E-state index in [2.05, 4.69) is 5.32 Å². The van der Waals surface area contributed by atoms with Crippen LogP contribution in [0.15, 0.2) is 48.5 Å². The zero-order chi connectivity index (χ0) is 13.0. The zero-order valence-electron chi connectivity index (χ0n) is 9.59. The molecule has 4 heteroatoms. The molecule has 90 valence electrons. The number of benzene rings is 2. The molecule has 2 amide bonds. The van der Waals surface area contributed by atoms with Crippen molar-refractivity contribution >= 4 is 18.0 Å². The molecule has 0 radical (unpaired) electrons. The number of aldehydes is 1. The Morgan fingerprint density at radius 1 is 1.06 bits per heavy atom. The van der Waals surface area contributed by atoms with Gasteiger partial charge in [-0.15, -0.1) is 0 Å². The number of anilines is 1. The van der Waals surface area contributed by atoms with Gasteiger partial charge in [0.25, 0.3) is 0 Å². The van der Waals surface area contributed by atoms with Gasteiger partial charge < -0.3 is 11.1 Å².